The summed E-state index contributed by atoms with van der Waals surface area (Å²) in [5.41, 5.74) is -0.575. The van der Waals surface area contributed by atoms with Crippen molar-refractivity contribution in [2.45, 2.75) is 52.1 Å². The van der Waals surface area contributed by atoms with Crippen LogP contribution in [0, 0.1) is 0 Å². The van der Waals surface area contributed by atoms with Gasteiger partial charge in [-0.05, 0) is 46.7 Å². The van der Waals surface area contributed by atoms with E-state index >= 15 is 0 Å². The van der Waals surface area contributed by atoms with Gasteiger partial charge in [0.2, 0.25) is 0 Å². The lowest BCUT2D eigenvalue weighted by molar-refractivity contribution is -0.148. The summed E-state index contributed by atoms with van der Waals surface area (Å²) in [4.78, 5) is 17.0. The Hall–Kier alpha value is -0.650. The van der Waals surface area contributed by atoms with Gasteiger partial charge in [0.05, 0.1) is 7.11 Å². The van der Waals surface area contributed by atoms with Gasteiger partial charge in [0.25, 0.3) is 0 Å². The van der Waals surface area contributed by atoms with Crippen LogP contribution in [0.25, 0.3) is 0 Å². The minimum Gasteiger partial charge on any atom is -0.468 e. The highest BCUT2D eigenvalue weighted by Gasteiger charge is 2.34. The Morgan fingerprint density at radius 2 is 1.81 bits per heavy atom. The first-order valence-electron chi connectivity index (χ1n) is 8.22. The summed E-state index contributed by atoms with van der Waals surface area (Å²) in [7, 11) is 1.46. The van der Waals surface area contributed by atoms with Crippen LogP contribution >= 0.6 is 0 Å². The molecule has 0 aliphatic carbocycles. The number of carbonyl (C=O) groups is 1. The number of ether oxygens (including phenoxy) is 1. The van der Waals surface area contributed by atoms with E-state index in [9.17, 15) is 4.79 Å². The second-order valence-electron chi connectivity index (χ2n) is 6.50. The second-order valence-corrected chi connectivity index (χ2v) is 6.50. The van der Waals surface area contributed by atoms with Crippen LogP contribution in [0.1, 0.15) is 40.5 Å². The zero-order valence-electron chi connectivity index (χ0n) is 14.4. The SMILES string of the molecule is CCN1CCN(CCCC(C)(NC(C)C)C(=O)OC)CC1. The van der Waals surface area contributed by atoms with Crippen molar-refractivity contribution in [2.75, 3.05) is 46.4 Å². The highest BCUT2D eigenvalue weighted by Crippen LogP contribution is 2.16. The highest BCUT2D eigenvalue weighted by molar-refractivity contribution is 5.80. The summed E-state index contributed by atoms with van der Waals surface area (Å²) in [5, 5.41) is 3.36. The average molecular weight is 299 g/mol. The lowest BCUT2D eigenvalue weighted by atomic mass is 9.94. The first-order chi connectivity index (χ1) is 9.91. The van der Waals surface area contributed by atoms with Crippen molar-refractivity contribution in [3.8, 4) is 0 Å². The first-order valence-corrected chi connectivity index (χ1v) is 8.22. The predicted octanol–water partition coefficient (Wildman–Crippen LogP) is 1.33. The molecule has 0 spiro atoms. The van der Waals surface area contributed by atoms with Gasteiger partial charge in [0, 0.05) is 32.2 Å². The van der Waals surface area contributed by atoms with Gasteiger partial charge in [-0.25, -0.2) is 0 Å². The molecule has 0 aromatic rings. The molecular weight excluding hydrogens is 266 g/mol. The molecule has 1 N–H and O–H groups in total. The number of carbonyl (C=O) groups excluding carboxylic acids is 1. The fraction of sp³-hybridized carbons (Fsp3) is 0.938. The molecule has 0 amide bonds. The molecule has 1 heterocycles. The number of nitrogens with one attached hydrogen (secondary N) is 1. The zero-order chi connectivity index (χ0) is 15.9. The van der Waals surface area contributed by atoms with Crippen LogP contribution < -0.4 is 5.32 Å². The molecule has 124 valence electrons. The van der Waals surface area contributed by atoms with Crippen molar-refractivity contribution in [1.82, 2.24) is 15.1 Å². The maximum absolute atomic E-state index is 12.0. The van der Waals surface area contributed by atoms with Crippen molar-refractivity contribution in [1.29, 1.82) is 0 Å². The normalized spacial score (nSPS) is 20.5. The Balaban J connectivity index is 2.38. The maximum atomic E-state index is 12.0. The summed E-state index contributed by atoms with van der Waals surface area (Å²) < 4.78 is 4.97. The van der Waals surface area contributed by atoms with Gasteiger partial charge < -0.3 is 14.5 Å². The van der Waals surface area contributed by atoms with Crippen LogP contribution in [0.4, 0.5) is 0 Å². The van der Waals surface area contributed by atoms with Gasteiger partial charge in [-0.15, -0.1) is 0 Å². The van der Waals surface area contributed by atoms with Crippen molar-refractivity contribution in [3.05, 3.63) is 0 Å². The lowest BCUT2D eigenvalue weighted by Crippen LogP contribution is -2.53. The summed E-state index contributed by atoms with van der Waals surface area (Å²) in [6.45, 7) is 15.1. The van der Waals surface area contributed by atoms with E-state index in [0.29, 0.717) is 0 Å². The predicted molar refractivity (Wildman–Crippen MR) is 86.5 cm³/mol. The first kappa shape index (κ1) is 18.4. The third-order valence-corrected chi connectivity index (χ3v) is 4.31. The minimum atomic E-state index is -0.575. The van der Waals surface area contributed by atoms with E-state index in [4.69, 9.17) is 4.74 Å². The highest BCUT2D eigenvalue weighted by atomic mass is 16.5. The number of esters is 1. The molecule has 0 aromatic heterocycles. The molecule has 1 unspecified atom stereocenters. The second kappa shape index (κ2) is 8.71. The topological polar surface area (TPSA) is 44.8 Å². The number of piperazine rings is 1. The van der Waals surface area contributed by atoms with Gasteiger partial charge in [-0.1, -0.05) is 6.92 Å². The minimum absolute atomic E-state index is 0.160. The van der Waals surface area contributed by atoms with Crippen LogP contribution in [0.2, 0.25) is 0 Å². The molecule has 1 aliphatic rings. The number of rotatable bonds is 8. The van der Waals surface area contributed by atoms with Gasteiger partial charge in [-0.3, -0.25) is 10.1 Å². The lowest BCUT2D eigenvalue weighted by Gasteiger charge is -2.35. The zero-order valence-corrected chi connectivity index (χ0v) is 14.4. The van der Waals surface area contributed by atoms with Crippen molar-refractivity contribution >= 4 is 5.97 Å². The molecular formula is C16H33N3O2. The Kier molecular flexibility index (Phi) is 7.63. The van der Waals surface area contributed by atoms with Gasteiger partial charge in [0.15, 0.2) is 0 Å². The van der Waals surface area contributed by atoms with Gasteiger partial charge in [-0.2, -0.15) is 0 Å². The van der Waals surface area contributed by atoms with E-state index in [1.807, 2.05) is 6.92 Å². The smallest absolute Gasteiger partial charge is 0.325 e. The largest absolute Gasteiger partial charge is 0.468 e. The van der Waals surface area contributed by atoms with E-state index in [1.54, 1.807) is 0 Å². The number of hydrogen-bond donors (Lipinski definition) is 1. The van der Waals surface area contributed by atoms with E-state index in [2.05, 4.69) is 35.9 Å². The summed E-state index contributed by atoms with van der Waals surface area (Å²) in [6, 6.07) is 0.266. The maximum Gasteiger partial charge on any atom is 0.325 e. The molecule has 1 saturated heterocycles. The summed E-state index contributed by atoms with van der Waals surface area (Å²) >= 11 is 0. The molecule has 5 heteroatoms. The van der Waals surface area contributed by atoms with E-state index in [-0.39, 0.29) is 12.0 Å². The number of likely N-dealkylation sites (N-methyl/N-ethyl adjacent to an activating group) is 1. The van der Waals surface area contributed by atoms with E-state index in [1.165, 1.54) is 7.11 Å². The standard InChI is InChI=1S/C16H33N3O2/c1-6-18-10-12-19(13-11-18)9-7-8-16(4,15(20)21-5)17-14(2)3/h14,17H,6-13H2,1-5H3. The Morgan fingerprint density at radius 3 is 2.29 bits per heavy atom. The summed E-state index contributed by atoms with van der Waals surface area (Å²) in [6.07, 6.45) is 1.82. The number of methoxy groups -OCH3 is 1. The number of hydrogen-bond acceptors (Lipinski definition) is 5. The van der Waals surface area contributed by atoms with Gasteiger partial charge >= 0.3 is 5.97 Å². The monoisotopic (exact) mass is 299 g/mol. The quantitative estimate of drug-likeness (QED) is 0.685. The van der Waals surface area contributed by atoms with Crippen LogP contribution in [0.5, 0.6) is 0 Å². The molecule has 21 heavy (non-hydrogen) atoms. The third kappa shape index (κ3) is 5.93. The van der Waals surface area contributed by atoms with Crippen LogP contribution in [0.3, 0.4) is 0 Å². The Labute approximate surface area is 130 Å². The molecule has 1 atom stereocenters. The number of nitrogens with zero attached hydrogens (tertiary/aromatic N) is 2. The Morgan fingerprint density at radius 1 is 1.24 bits per heavy atom. The summed E-state index contributed by atoms with van der Waals surface area (Å²) in [5.74, 6) is -0.160. The third-order valence-electron chi connectivity index (χ3n) is 4.31. The van der Waals surface area contributed by atoms with Crippen LogP contribution in [-0.4, -0.2) is 73.7 Å². The molecule has 0 aromatic carbocycles. The fourth-order valence-electron chi connectivity index (χ4n) is 3.08. The van der Waals surface area contributed by atoms with Crippen LogP contribution in [0.15, 0.2) is 0 Å². The molecule has 0 saturated carbocycles. The molecule has 0 bridgehead atoms. The van der Waals surface area contributed by atoms with Crippen LogP contribution in [-0.2, 0) is 9.53 Å². The van der Waals surface area contributed by atoms with Crippen molar-refractivity contribution < 1.29 is 9.53 Å². The van der Waals surface area contributed by atoms with Crippen molar-refractivity contribution in [2.24, 2.45) is 0 Å². The van der Waals surface area contributed by atoms with E-state index < -0.39 is 5.54 Å². The molecule has 1 aliphatic heterocycles. The Bertz CT molecular complexity index is 315. The molecule has 1 rings (SSSR count). The molecule has 5 nitrogen and oxygen atoms in total. The molecule has 1 fully saturated rings. The fourth-order valence-corrected chi connectivity index (χ4v) is 3.08. The molecule has 0 radical (unpaired) electrons. The van der Waals surface area contributed by atoms with Crippen molar-refractivity contribution in [3.63, 3.8) is 0 Å². The average Bonchev–Trinajstić information content (AvgIpc) is 2.46. The van der Waals surface area contributed by atoms with Gasteiger partial charge in [0.1, 0.15) is 5.54 Å². The van der Waals surface area contributed by atoms with E-state index in [0.717, 1.165) is 52.1 Å².